The number of carbonyl (C=O) groups excluding carboxylic acids is 1. The highest BCUT2D eigenvalue weighted by Gasteiger charge is 2.19. The summed E-state index contributed by atoms with van der Waals surface area (Å²) in [4.78, 5) is 20.8. The van der Waals surface area contributed by atoms with Crippen molar-refractivity contribution in [1.29, 1.82) is 5.26 Å². The zero-order valence-electron chi connectivity index (χ0n) is 6.40. The van der Waals surface area contributed by atoms with Gasteiger partial charge in [0.1, 0.15) is 6.04 Å². The van der Waals surface area contributed by atoms with Crippen LogP contribution in [-0.2, 0) is 9.53 Å². The molecule has 0 saturated heterocycles. The van der Waals surface area contributed by atoms with Gasteiger partial charge in [-0.05, 0) is 0 Å². The van der Waals surface area contributed by atoms with Gasteiger partial charge in [-0.3, -0.25) is 0 Å². The van der Waals surface area contributed by atoms with Crippen LogP contribution in [0.15, 0.2) is 0 Å². The van der Waals surface area contributed by atoms with E-state index in [1.807, 2.05) is 5.32 Å². The van der Waals surface area contributed by atoms with Crippen molar-refractivity contribution in [1.82, 2.24) is 5.32 Å². The molecule has 2 N–H and O–H groups in total. The second-order valence-corrected chi connectivity index (χ2v) is 1.89. The number of rotatable bonds is 3. The van der Waals surface area contributed by atoms with Crippen LogP contribution in [0.2, 0.25) is 0 Å². The van der Waals surface area contributed by atoms with E-state index in [0.717, 1.165) is 7.11 Å². The van der Waals surface area contributed by atoms with Crippen LogP contribution in [0.25, 0.3) is 0 Å². The molecule has 0 fully saturated rings. The first kappa shape index (κ1) is 10.2. The fraction of sp³-hybridized carbons (Fsp3) is 0.500. The number of hydrogen-bond acceptors (Lipinski definition) is 4. The molecule has 0 unspecified atom stereocenters. The number of nitrogens with zero attached hydrogens (tertiary/aromatic N) is 1. The molecular weight excluding hydrogens is 164 g/mol. The fourth-order valence-corrected chi connectivity index (χ4v) is 0.493. The minimum Gasteiger partial charge on any atom is -0.480 e. The molecule has 0 aromatic rings. The summed E-state index contributed by atoms with van der Waals surface area (Å²) >= 11 is 0. The summed E-state index contributed by atoms with van der Waals surface area (Å²) in [5, 5.41) is 18.6. The molecule has 0 aromatic carbocycles. The van der Waals surface area contributed by atoms with Crippen LogP contribution in [-0.4, -0.2) is 30.3 Å². The molecular formula is C6H8N2O4. The van der Waals surface area contributed by atoms with Gasteiger partial charge in [0.2, 0.25) is 0 Å². The third kappa shape index (κ3) is 3.41. The largest absolute Gasteiger partial charge is 0.480 e. The van der Waals surface area contributed by atoms with Gasteiger partial charge in [-0.1, -0.05) is 0 Å². The van der Waals surface area contributed by atoms with Crippen LogP contribution in [0.1, 0.15) is 6.42 Å². The summed E-state index contributed by atoms with van der Waals surface area (Å²) in [7, 11) is 1.11. The third-order valence-electron chi connectivity index (χ3n) is 1.07. The van der Waals surface area contributed by atoms with E-state index in [1.54, 1.807) is 6.07 Å². The average Bonchev–Trinajstić information content (AvgIpc) is 2.03. The van der Waals surface area contributed by atoms with E-state index in [1.165, 1.54) is 0 Å². The number of alkyl carbamates (subject to hydrolysis) is 1. The number of carboxylic acids is 1. The Bertz CT molecular complexity index is 220. The van der Waals surface area contributed by atoms with Crippen molar-refractivity contribution in [3.05, 3.63) is 0 Å². The fourth-order valence-electron chi connectivity index (χ4n) is 0.493. The Balaban J connectivity index is 4.06. The van der Waals surface area contributed by atoms with Crippen molar-refractivity contribution < 1.29 is 19.4 Å². The molecule has 6 heteroatoms. The zero-order valence-corrected chi connectivity index (χ0v) is 6.40. The Kier molecular flexibility index (Phi) is 4.23. The van der Waals surface area contributed by atoms with E-state index >= 15 is 0 Å². The number of carbonyl (C=O) groups is 2. The number of nitrogens with one attached hydrogen (secondary N) is 1. The van der Waals surface area contributed by atoms with Gasteiger partial charge in [0, 0.05) is 0 Å². The molecule has 66 valence electrons. The Hall–Kier alpha value is -1.77. The molecule has 6 nitrogen and oxygen atoms in total. The molecule has 0 aliphatic rings. The lowest BCUT2D eigenvalue weighted by molar-refractivity contribution is -0.139. The van der Waals surface area contributed by atoms with Crippen LogP contribution >= 0.6 is 0 Å². The molecule has 0 aromatic heterocycles. The summed E-state index contributed by atoms with van der Waals surface area (Å²) in [6.45, 7) is 0. The minimum absolute atomic E-state index is 0.287. The van der Waals surface area contributed by atoms with Crippen molar-refractivity contribution in [2.24, 2.45) is 0 Å². The predicted octanol–water partition coefficient (Wildman–Crippen LogP) is -0.291. The molecule has 1 atom stereocenters. The molecule has 0 radical (unpaired) electrons. The zero-order chi connectivity index (χ0) is 9.56. The van der Waals surface area contributed by atoms with Gasteiger partial charge in [0.15, 0.2) is 0 Å². The smallest absolute Gasteiger partial charge is 0.407 e. The number of hydrogen-bond donors (Lipinski definition) is 2. The van der Waals surface area contributed by atoms with E-state index in [2.05, 4.69) is 4.74 Å². The van der Waals surface area contributed by atoms with Gasteiger partial charge < -0.3 is 15.2 Å². The Labute approximate surface area is 68.7 Å². The summed E-state index contributed by atoms with van der Waals surface area (Å²) < 4.78 is 4.15. The van der Waals surface area contributed by atoms with Crippen LogP contribution in [0.4, 0.5) is 4.79 Å². The highest BCUT2D eigenvalue weighted by atomic mass is 16.5. The maximum atomic E-state index is 10.5. The average molecular weight is 172 g/mol. The maximum absolute atomic E-state index is 10.5. The summed E-state index contributed by atoms with van der Waals surface area (Å²) in [6.07, 6.45) is -1.15. The summed E-state index contributed by atoms with van der Waals surface area (Å²) in [5.74, 6) is -1.26. The highest BCUT2D eigenvalue weighted by molar-refractivity contribution is 5.80. The minimum atomic E-state index is -1.26. The molecule has 0 saturated carbocycles. The van der Waals surface area contributed by atoms with Crippen molar-refractivity contribution in [3.63, 3.8) is 0 Å². The molecule has 0 aliphatic heterocycles. The van der Waals surface area contributed by atoms with Gasteiger partial charge in [-0.25, -0.2) is 9.59 Å². The van der Waals surface area contributed by atoms with Gasteiger partial charge >= 0.3 is 12.1 Å². The Morgan fingerprint density at radius 1 is 1.75 bits per heavy atom. The molecule has 0 bridgehead atoms. The van der Waals surface area contributed by atoms with E-state index in [0.29, 0.717) is 0 Å². The van der Waals surface area contributed by atoms with Crippen molar-refractivity contribution in [3.8, 4) is 6.07 Å². The van der Waals surface area contributed by atoms with Crippen molar-refractivity contribution in [2.45, 2.75) is 12.5 Å². The predicted molar refractivity (Wildman–Crippen MR) is 37.2 cm³/mol. The second-order valence-electron chi connectivity index (χ2n) is 1.89. The molecule has 0 spiro atoms. The first-order valence-electron chi connectivity index (χ1n) is 3.06. The first-order valence-corrected chi connectivity index (χ1v) is 3.06. The SMILES string of the molecule is COC(=O)N[C@@H](CC#N)C(=O)O. The van der Waals surface area contributed by atoms with Crippen LogP contribution in [0.3, 0.4) is 0 Å². The normalized spacial score (nSPS) is 11.0. The van der Waals surface area contributed by atoms with Gasteiger partial charge in [-0.2, -0.15) is 5.26 Å². The topological polar surface area (TPSA) is 99.4 Å². The van der Waals surface area contributed by atoms with Gasteiger partial charge in [0.05, 0.1) is 19.6 Å². The summed E-state index contributed by atoms with van der Waals surface area (Å²) in [6, 6.07) is 0.421. The number of ether oxygens (including phenoxy) is 1. The molecule has 0 heterocycles. The lowest BCUT2D eigenvalue weighted by Gasteiger charge is -2.08. The number of aliphatic carboxylic acids is 1. The van der Waals surface area contributed by atoms with Crippen LogP contribution in [0, 0.1) is 11.3 Å². The first-order chi connectivity index (χ1) is 5.61. The molecule has 0 rings (SSSR count). The Morgan fingerprint density at radius 2 is 2.33 bits per heavy atom. The van der Waals surface area contributed by atoms with E-state index in [9.17, 15) is 9.59 Å². The van der Waals surface area contributed by atoms with Gasteiger partial charge in [0.25, 0.3) is 0 Å². The number of amides is 1. The Morgan fingerprint density at radius 3 is 2.67 bits per heavy atom. The standard InChI is InChI=1S/C6H8N2O4/c1-12-6(11)8-4(2-3-7)5(9)10/h4H,2H2,1H3,(H,8,11)(H,9,10)/t4-/m0/s1. The third-order valence-corrected chi connectivity index (χ3v) is 1.07. The number of nitriles is 1. The number of carboxylic acid groups (broad SMARTS) is 1. The molecule has 1 amide bonds. The lowest BCUT2D eigenvalue weighted by Crippen LogP contribution is -2.40. The van der Waals surface area contributed by atoms with E-state index < -0.39 is 18.1 Å². The monoisotopic (exact) mass is 172 g/mol. The van der Waals surface area contributed by atoms with Crippen LogP contribution < -0.4 is 5.32 Å². The lowest BCUT2D eigenvalue weighted by atomic mass is 10.2. The highest BCUT2D eigenvalue weighted by Crippen LogP contribution is 1.90. The van der Waals surface area contributed by atoms with E-state index in [-0.39, 0.29) is 6.42 Å². The number of methoxy groups -OCH3 is 1. The second kappa shape index (κ2) is 4.96. The van der Waals surface area contributed by atoms with Crippen molar-refractivity contribution in [2.75, 3.05) is 7.11 Å². The maximum Gasteiger partial charge on any atom is 0.407 e. The quantitative estimate of drug-likeness (QED) is 0.609. The summed E-state index contributed by atoms with van der Waals surface area (Å²) in [5.41, 5.74) is 0. The molecule has 0 aliphatic carbocycles. The van der Waals surface area contributed by atoms with Crippen molar-refractivity contribution >= 4 is 12.1 Å². The van der Waals surface area contributed by atoms with Gasteiger partial charge in [-0.15, -0.1) is 0 Å². The molecule has 12 heavy (non-hydrogen) atoms. The van der Waals surface area contributed by atoms with Crippen LogP contribution in [0.5, 0.6) is 0 Å². The van der Waals surface area contributed by atoms with E-state index in [4.69, 9.17) is 10.4 Å².